The van der Waals surface area contributed by atoms with Crippen LogP contribution in [0.25, 0.3) is 0 Å². The van der Waals surface area contributed by atoms with E-state index in [1.54, 1.807) is 17.4 Å². The second-order valence-electron chi connectivity index (χ2n) is 9.09. The standard InChI is InChI=1S/C21H23N3O5S/c1-21(2,3)10-4-5-11-16(6-10)30-20-17(11)19(25)22-18(23-20)12-7-14-15(29-9-28-14)8-13(12)24(26)27/h7-8,10,18,23H,4-6,9H2,1-3H3,(H,22,25). The summed E-state index contributed by atoms with van der Waals surface area (Å²) < 4.78 is 10.7. The number of anilines is 1. The summed E-state index contributed by atoms with van der Waals surface area (Å²) in [4.78, 5) is 25.5. The van der Waals surface area contributed by atoms with Gasteiger partial charge in [0.25, 0.3) is 11.6 Å². The van der Waals surface area contributed by atoms with Gasteiger partial charge in [0.15, 0.2) is 11.5 Å². The minimum atomic E-state index is -0.710. The summed E-state index contributed by atoms with van der Waals surface area (Å²) in [5.74, 6) is 1.16. The second kappa shape index (κ2) is 6.60. The molecule has 30 heavy (non-hydrogen) atoms. The maximum Gasteiger partial charge on any atom is 0.280 e. The third kappa shape index (κ3) is 2.99. The fourth-order valence-corrected chi connectivity index (χ4v) is 5.88. The topological polar surface area (TPSA) is 103 Å². The number of fused-ring (bicyclic) bond motifs is 4. The van der Waals surface area contributed by atoms with Crippen molar-refractivity contribution in [1.29, 1.82) is 0 Å². The van der Waals surface area contributed by atoms with Crippen LogP contribution in [0.4, 0.5) is 10.7 Å². The van der Waals surface area contributed by atoms with Gasteiger partial charge >= 0.3 is 0 Å². The molecule has 158 valence electrons. The van der Waals surface area contributed by atoms with Crippen molar-refractivity contribution in [3.63, 3.8) is 0 Å². The number of nitrogens with zero attached hydrogens (tertiary/aromatic N) is 1. The van der Waals surface area contributed by atoms with Crippen LogP contribution in [-0.4, -0.2) is 17.6 Å². The van der Waals surface area contributed by atoms with Gasteiger partial charge in [-0.25, -0.2) is 0 Å². The summed E-state index contributed by atoms with van der Waals surface area (Å²) in [6, 6.07) is 2.93. The molecule has 0 saturated heterocycles. The van der Waals surface area contributed by atoms with Gasteiger partial charge < -0.3 is 20.1 Å². The fraction of sp³-hybridized carbons (Fsp3) is 0.476. The Kier molecular flexibility index (Phi) is 4.22. The third-order valence-electron chi connectivity index (χ3n) is 6.30. The predicted octanol–water partition coefficient (Wildman–Crippen LogP) is 4.39. The lowest BCUT2D eigenvalue weighted by molar-refractivity contribution is -0.385. The van der Waals surface area contributed by atoms with Crippen LogP contribution in [0.1, 0.15) is 59.7 Å². The molecule has 1 amide bonds. The molecule has 0 bridgehead atoms. The van der Waals surface area contributed by atoms with E-state index >= 15 is 0 Å². The first-order chi connectivity index (χ1) is 14.2. The normalized spacial score (nSPS) is 22.0. The van der Waals surface area contributed by atoms with Crippen molar-refractivity contribution in [2.24, 2.45) is 11.3 Å². The molecular weight excluding hydrogens is 406 g/mol. The predicted molar refractivity (Wildman–Crippen MR) is 112 cm³/mol. The number of rotatable bonds is 2. The second-order valence-corrected chi connectivity index (χ2v) is 10.2. The Bertz CT molecular complexity index is 1070. The molecule has 5 rings (SSSR count). The summed E-state index contributed by atoms with van der Waals surface area (Å²) >= 11 is 1.60. The van der Waals surface area contributed by atoms with Crippen molar-refractivity contribution in [3.8, 4) is 11.5 Å². The first-order valence-electron chi connectivity index (χ1n) is 10.0. The van der Waals surface area contributed by atoms with Crippen LogP contribution < -0.4 is 20.1 Å². The molecule has 2 aromatic rings. The summed E-state index contributed by atoms with van der Waals surface area (Å²) in [6.07, 6.45) is 2.19. The number of thiophene rings is 1. The quantitative estimate of drug-likeness (QED) is 0.542. The zero-order valence-electron chi connectivity index (χ0n) is 17.0. The largest absolute Gasteiger partial charge is 0.454 e. The van der Waals surface area contributed by atoms with E-state index in [1.807, 2.05) is 0 Å². The van der Waals surface area contributed by atoms with Crippen LogP contribution in [0.15, 0.2) is 12.1 Å². The van der Waals surface area contributed by atoms with Gasteiger partial charge in [0, 0.05) is 4.88 Å². The highest BCUT2D eigenvalue weighted by atomic mass is 32.1. The Morgan fingerprint density at radius 3 is 2.63 bits per heavy atom. The van der Waals surface area contributed by atoms with Crippen molar-refractivity contribution in [3.05, 3.63) is 43.8 Å². The van der Waals surface area contributed by atoms with E-state index in [-0.39, 0.29) is 23.8 Å². The van der Waals surface area contributed by atoms with Gasteiger partial charge in [0.1, 0.15) is 11.2 Å². The smallest absolute Gasteiger partial charge is 0.280 e. The molecule has 1 aliphatic carbocycles. The minimum absolute atomic E-state index is 0.0249. The lowest BCUT2D eigenvalue weighted by Crippen LogP contribution is -2.38. The van der Waals surface area contributed by atoms with Crippen LogP contribution in [0, 0.1) is 21.4 Å². The van der Waals surface area contributed by atoms with Gasteiger partial charge in [-0.15, -0.1) is 11.3 Å². The summed E-state index contributed by atoms with van der Waals surface area (Å²) in [5.41, 5.74) is 2.27. The van der Waals surface area contributed by atoms with Gasteiger partial charge in [-0.2, -0.15) is 0 Å². The van der Waals surface area contributed by atoms with E-state index < -0.39 is 11.1 Å². The molecule has 2 N–H and O–H groups in total. The molecule has 1 aromatic heterocycles. The number of carbonyl (C=O) groups excluding carboxylic acids is 1. The lowest BCUT2D eigenvalue weighted by atomic mass is 9.72. The highest BCUT2D eigenvalue weighted by Crippen LogP contribution is 2.47. The summed E-state index contributed by atoms with van der Waals surface area (Å²) in [7, 11) is 0. The lowest BCUT2D eigenvalue weighted by Gasteiger charge is -2.34. The molecule has 2 atom stereocenters. The molecular formula is C21H23N3O5S. The van der Waals surface area contributed by atoms with Crippen LogP contribution in [0.2, 0.25) is 0 Å². The van der Waals surface area contributed by atoms with Crippen LogP contribution >= 0.6 is 11.3 Å². The Balaban J connectivity index is 1.51. The maximum atomic E-state index is 13.0. The Morgan fingerprint density at radius 1 is 1.20 bits per heavy atom. The molecule has 2 aliphatic heterocycles. The van der Waals surface area contributed by atoms with Crippen LogP contribution in [0.3, 0.4) is 0 Å². The SMILES string of the molecule is CC(C)(C)C1CCc2c(sc3c2C(=O)NC(c2cc4c(cc2[N+](=O)[O-])OCO4)N3)C1. The zero-order valence-corrected chi connectivity index (χ0v) is 17.9. The van der Waals surface area contributed by atoms with Gasteiger partial charge in [-0.05, 0) is 42.2 Å². The van der Waals surface area contributed by atoms with Gasteiger partial charge in [0.05, 0.1) is 22.1 Å². The molecule has 9 heteroatoms. The number of nitro benzene ring substituents is 1. The highest BCUT2D eigenvalue weighted by Gasteiger charge is 2.38. The van der Waals surface area contributed by atoms with Gasteiger partial charge in [0.2, 0.25) is 6.79 Å². The van der Waals surface area contributed by atoms with E-state index in [0.29, 0.717) is 28.5 Å². The molecule has 3 aliphatic rings. The molecule has 2 unspecified atom stereocenters. The first kappa shape index (κ1) is 19.2. The van der Waals surface area contributed by atoms with Crippen molar-refractivity contribution >= 4 is 27.9 Å². The zero-order chi connectivity index (χ0) is 21.2. The summed E-state index contributed by atoms with van der Waals surface area (Å²) in [6.45, 7) is 6.80. The first-order valence-corrected chi connectivity index (χ1v) is 10.8. The fourth-order valence-electron chi connectivity index (χ4n) is 4.53. The van der Waals surface area contributed by atoms with E-state index in [9.17, 15) is 14.9 Å². The van der Waals surface area contributed by atoms with E-state index in [1.165, 1.54) is 10.9 Å². The molecule has 0 spiro atoms. The van der Waals surface area contributed by atoms with E-state index in [2.05, 4.69) is 31.4 Å². The monoisotopic (exact) mass is 429 g/mol. The van der Waals surface area contributed by atoms with E-state index in [0.717, 1.165) is 29.8 Å². The van der Waals surface area contributed by atoms with Gasteiger partial charge in [-0.1, -0.05) is 20.8 Å². The van der Waals surface area contributed by atoms with Crippen LogP contribution in [0.5, 0.6) is 11.5 Å². The van der Waals surface area contributed by atoms with E-state index in [4.69, 9.17) is 9.47 Å². The third-order valence-corrected chi connectivity index (χ3v) is 7.48. The minimum Gasteiger partial charge on any atom is -0.454 e. The van der Waals surface area contributed by atoms with Crippen molar-refractivity contribution in [1.82, 2.24) is 5.32 Å². The molecule has 1 aromatic carbocycles. The Hall–Kier alpha value is -2.81. The van der Waals surface area contributed by atoms with Crippen LogP contribution in [-0.2, 0) is 12.8 Å². The average Bonchev–Trinajstić information content (AvgIpc) is 3.29. The van der Waals surface area contributed by atoms with Crippen molar-refractivity contribution < 1.29 is 19.2 Å². The number of hydrogen-bond donors (Lipinski definition) is 2. The van der Waals surface area contributed by atoms with Gasteiger partial charge in [-0.3, -0.25) is 14.9 Å². The number of ether oxygens (including phenoxy) is 2. The molecule has 0 radical (unpaired) electrons. The number of hydrogen-bond acceptors (Lipinski definition) is 7. The maximum absolute atomic E-state index is 13.0. The molecule has 3 heterocycles. The number of nitrogens with one attached hydrogen (secondary N) is 2. The Labute approximate surface area is 177 Å². The summed E-state index contributed by atoms with van der Waals surface area (Å²) in [5, 5.41) is 18.7. The molecule has 0 saturated carbocycles. The van der Waals surface area contributed by atoms with Crippen molar-refractivity contribution in [2.75, 3.05) is 12.1 Å². The number of carbonyl (C=O) groups is 1. The number of amides is 1. The average molecular weight is 429 g/mol. The highest BCUT2D eigenvalue weighted by molar-refractivity contribution is 7.16. The molecule has 8 nitrogen and oxygen atoms in total. The molecule has 0 fully saturated rings. The number of benzene rings is 1. The number of nitro groups is 1. The van der Waals surface area contributed by atoms with Crippen molar-refractivity contribution in [2.45, 2.75) is 46.2 Å². The Morgan fingerprint density at radius 2 is 1.93 bits per heavy atom.